The molecule has 0 aliphatic rings. The van der Waals surface area contributed by atoms with Gasteiger partial charge in [0.25, 0.3) is 11.5 Å². The van der Waals surface area contributed by atoms with E-state index in [-0.39, 0.29) is 17.8 Å². The number of amides is 1. The number of nitrogens with zero attached hydrogens (tertiary/aromatic N) is 2. The molecule has 0 spiro atoms. The quantitative estimate of drug-likeness (QED) is 0.432. The van der Waals surface area contributed by atoms with Crippen molar-refractivity contribution < 1.29 is 22.4 Å². The van der Waals surface area contributed by atoms with Crippen LogP contribution in [0.3, 0.4) is 0 Å². The summed E-state index contributed by atoms with van der Waals surface area (Å²) in [6, 6.07) is 14.2. The van der Waals surface area contributed by atoms with Crippen molar-refractivity contribution in [2.45, 2.75) is 19.6 Å². The monoisotopic (exact) mass is 455 g/mol. The zero-order valence-electron chi connectivity index (χ0n) is 17.3. The van der Waals surface area contributed by atoms with E-state index in [0.29, 0.717) is 23.2 Å². The Morgan fingerprint density at radius 3 is 2.48 bits per heavy atom. The molecule has 0 atom stereocenters. The van der Waals surface area contributed by atoms with Crippen molar-refractivity contribution in [3.8, 4) is 0 Å². The minimum absolute atomic E-state index is 0.141. The van der Waals surface area contributed by atoms with Gasteiger partial charge in [0, 0.05) is 17.3 Å². The third-order valence-corrected chi connectivity index (χ3v) is 5.08. The number of aromatic nitrogens is 2. The molecule has 9 heteroatoms. The number of carbonyl (C=O) groups excluding carboxylic acids is 1. The zero-order valence-corrected chi connectivity index (χ0v) is 17.3. The van der Waals surface area contributed by atoms with E-state index in [1.54, 1.807) is 12.1 Å². The molecule has 2 aromatic carbocycles. The number of rotatable bonds is 4. The second-order valence-electron chi connectivity index (χ2n) is 7.50. The minimum atomic E-state index is -4.93. The minimum Gasteiger partial charge on any atom is -0.322 e. The average Bonchev–Trinajstić information content (AvgIpc) is 2.77. The van der Waals surface area contributed by atoms with Crippen LogP contribution in [-0.4, -0.2) is 15.5 Å². The molecule has 0 saturated carbocycles. The number of pyridine rings is 2. The second kappa shape index (κ2) is 8.50. The van der Waals surface area contributed by atoms with E-state index < -0.39 is 29.0 Å². The molecule has 4 aromatic rings. The van der Waals surface area contributed by atoms with E-state index in [0.717, 1.165) is 17.2 Å². The topological polar surface area (TPSA) is 64.0 Å². The second-order valence-corrected chi connectivity index (χ2v) is 7.50. The molecular weight excluding hydrogens is 438 g/mol. The lowest BCUT2D eigenvalue weighted by atomic mass is 10.1. The fourth-order valence-electron chi connectivity index (χ4n) is 3.41. The van der Waals surface area contributed by atoms with Crippen LogP contribution in [0.4, 0.5) is 23.2 Å². The molecule has 0 aliphatic heterocycles. The highest BCUT2D eigenvalue weighted by molar-refractivity contribution is 6.05. The molecule has 2 aromatic heterocycles. The smallest absolute Gasteiger partial charge is 0.322 e. The number of anilines is 1. The number of benzene rings is 2. The van der Waals surface area contributed by atoms with E-state index in [4.69, 9.17) is 0 Å². The van der Waals surface area contributed by atoms with Crippen molar-refractivity contribution in [2.24, 2.45) is 0 Å². The number of hydrogen-bond acceptors (Lipinski definition) is 3. The Labute approximate surface area is 185 Å². The van der Waals surface area contributed by atoms with Gasteiger partial charge in [0.2, 0.25) is 0 Å². The third-order valence-electron chi connectivity index (χ3n) is 5.08. The normalized spacial score (nSPS) is 11.5. The predicted octanol–water partition coefficient (Wildman–Crippen LogP) is 5.16. The van der Waals surface area contributed by atoms with Gasteiger partial charge in [-0.15, -0.1) is 0 Å². The summed E-state index contributed by atoms with van der Waals surface area (Å²) in [5.74, 6) is -2.37. The maximum atomic E-state index is 13.6. The van der Waals surface area contributed by atoms with Gasteiger partial charge in [0.15, 0.2) is 0 Å². The summed E-state index contributed by atoms with van der Waals surface area (Å²) in [6.45, 7) is 2.07. The number of alkyl halides is 3. The molecule has 0 unspecified atom stereocenters. The Balaban J connectivity index is 1.75. The first kappa shape index (κ1) is 22.2. The summed E-state index contributed by atoms with van der Waals surface area (Å²) in [4.78, 5) is 30.3. The van der Waals surface area contributed by atoms with Crippen molar-refractivity contribution in [1.82, 2.24) is 9.55 Å². The van der Waals surface area contributed by atoms with Crippen LogP contribution in [0.15, 0.2) is 71.7 Å². The highest BCUT2D eigenvalue weighted by Gasteiger charge is 2.34. The van der Waals surface area contributed by atoms with Gasteiger partial charge >= 0.3 is 6.18 Å². The van der Waals surface area contributed by atoms with Crippen molar-refractivity contribution in [3.63, 3.8) is 0 Å². The van der Waals surface area contributed by atoms with Crippen LogP contribution >= 0.6 is 0 Å². The number of aryl methyl sites for hydroxylation is 1. The molecule has 0 saturated heterocycles. The van der Waals surface area contributed by atoms with Gasteiger partial charge in [-0.1, -0.05) is 29.8 Å². The summed E-state index contributed by atoms with van der Waals surface area (Å²) >= 11 is 0. The molecule has 1 N–H and O–H groups in total. The highest BCUT2D eigenvalue weighted by Crippen LogP contribution is 2.33. The Morgan fingerprint density at radius 2 is 1.79 bits per heavy atom. The highest BCUT2D eigenvalue weighted by atomic mass is 19.4. The summed E-state index contributed by atoms with van der Waals surface area (Å²) in [6.07, 6.45) is -3.41. The molecule has 0 radical (unpaired) electrons. The molecule has 4 rings (SSSR count). The van der Waals surface area contributed by atoms with Gasteiger partial charge in [-0.3, -0.25) is 14.2 Å². The van der Waals surface area contributed by atoms with E-state index in [1.807, 2.05) is 31.2 Å². The molecule has 1 amide bonds. The Hall–Kier alpha value is -4.01. The average molecular weight is 455 g/mol. The standard InChI is InChI=1S/C24H17F4N3O2/c1-14-4-6-15(7-5-14)13-31-21-16(3-2-10-29-21)11-18(23(31)33)22(32)30-17-8-9-20(25)19(12-17)24(26,27)28/h2-12H,13H2,1H3,(H,30,32). The predicted molar refractivity (Wildman–Crippen MR) is 116 cm³/mol. The number of hydrogen-bond donors (Lipinski definition) is 1. The maximum absolute atomic E-state index is 13.6. The number of carbonyl (C=O) groups is 1. The SMILES string of the molecule is Cc1ccc(Cn2c(=O)c(C(=O)Nc3ccc(F)c(C(F)(F)F)c3)cc3cccnc32)cc1. The summed E-state index contributed by atoms with van der Waals surface area (Å²) in [5.41, 5.74) is -0.525. The van der Waals surface area contributed by atoms with E-state index >= 15 is 0 Å². The Bertz CT molecular complexity index is 1410. The van der Waals surface area contributed by atoms with Gasteiger partial charge in [-0.2, -0.15) is 13.2 Å². The molecule has 168 valence electrons. The maximum Gasteiger partial charge on any atom is 0.419 e. The van der Waals surface area contributed by atoms with Crippen molar-refractivity contribution in [1.29, 1.82) is 0 Å². The fourth-order valence-corrected chi connectivity index (χ4v) is 3.41. The number of nitrogens with one attached hydrogen (secondary N) is 1. The van der Waals surface area contributed by atoms with Crippen LogP contribution in [0.5, 0.6) is 0 Å². The van der Waals surface area contributed by atoms with Crippen molar-refractivity contribution >= 4 is 22.6 Å². The van der Waals surface area contributed by atoms with Crippen LogP contribution in [0.2, 0.25) is 0 Å². The largest absolute Gasteiger partial charge is 0.419 e. The Morgan fingerprint density at radius 1 is 1.06 bits per heavy atom. The summed E-state index contributed by atoms with van der Waals surface area (Å²) in [7, 11) is 0. The summed E-state index contributed by atoms with van der Waals surface area (Å²) in [5, 5.41) is 2.77. The van der Waals surface area contributed by atoms with Crippen LogP contribution in [0.1, 0.15) is 27.0 Å². The molecule has 0 fully saturated rings. The lowest BCUT2D eigenvalue weighted by Gasteiger charge is -2.14. The van der Waals surface area contributed by atoms with Gasteiger partial charge in [-0.05, 0) is 48.9 Å². The van der Waals surface area contributed by atoms with Gasteiger partial charge in [0.1, 0.15) is 17.0 Å². The fraction of sp³-hybridized carbons (Fsp3) is 0.125. The van der Waals surface area contributed by atoms with Gasteiger partial charge in [0.05, 0.1) is 12.1 Å². The first-order valence-corrected chi connectivity index (χ1v) is 9.86. The zero-order chi connectivity index (χ0) is 23.8. The lowest BCUT2D eigenvalue weighted by molar-refractivity contribution is -0.139. The first-order chi connectivity index (χ1) is 15.6. The van der Waals surface area contributed by atoms with Crippen molar-refractivity contribution in [3.05, 3.63) is 105 Å². The number of halogens is 4. The third kappa shape index (κ3) is 4.62. The molecule has 0 aliphatic carbocycles. The molecule has 2 heterocycles. The van der Waals surface area contributed by atoms with Crippen LogP contribution < -0.4 is 10.9 Å². The van der Waals surface area contributed by atoms with Crippen LogP contribution in [0, 0.1) is 12.7 Å². The lowest BCUT2D eigenvalue weighted by Crippen LogP contribution is -2.30. The number of fused-ring (bicyclic) bond motifs is 1. The van der Waals surface area contributed by atoms with Crippen LogP contribution in [0.25, 0.3) is 11.0 Å². The van der Waals surface area contributed by atoms with Crippen LogP contribution in [-0.2, 0) is 12.7 Å². The van der Waals surface area contributed by atoms with E-state index in [9.17, 15) is 27.2 Å². The van der Waals surface area contributed by atoms with E-state index in [1.165, 1.54) is 16.8 Å². The molecular formula is C24H17F4N3O2. The van der Waals surface area contributed by atoms with Gasteiger partial charge < -0.3 is 5.32 Å². The molecule has 0 bridgehead atoms. The van der Waals surface area contributed by atoms with Crippen molar-refractivity contribution in [2.75, 3.05) is 5.32 Å². The molecule has 33 heavy (non-hydrogen) atoms. The van der Waals surface area contributed by atoms with Gasteiger partial charge in [-0.25, -0.2) is 9.37 Å². The van der Waals surface area contributed by atoms with E-state index in [2.05, 4.69) is 10.3 Å². The first-order valence-electron chi connectivity index (χ1n) is 9.86. The molecule has 5 nitrogen and oxygen atoms in total. The summed E-state index contributed by atoms with van der Waals surface area (Å²) < 4.78 is 53.9. The Kier molecular flexibility index (Phi) is 5.71.